The van der Waals surface area contributed by atoms with Gasteiger partial charge in [-0.2, -0.15) is 10.2 Å². The number of anilines is 3. The summed E-state index contributed by atoms with van der Waals surface area (Å²) >= 11 is 0. The molecule has 1 aliphatic heterocycles. The predicted molar refractivity (Wildman–Crippen MR) is 145 cm³/mol. The Bertz CT molecular complexity index is 1210. The molecule has 3 heterocycles. The fourth-order valence-electron chi connectivity index (χ4n) is 4.29. The van der Waals surface area contributed by atoms with Crippen molar-refractivity contribution in [3.63, 3.8) is 0 Å². The van der Waals surface area contributed by atoms with E-state index in [1.807, 2.05) is 38.4 Å². The summed E-state index contributed by atoms with van der Waals surface area (Å²) in [6.07, 6.45) is 6.76. The third kappa shape index (κ3) is 5.54. The summed E-state index contributed by atoms with van der Waals surface area (Å²) in [5.74, 6) is 1.60. The summed E-state index contributed by atoms with van der Waals surface area (Å²) in [4.78, 5) is 18.6. The van der Waals surface area contributed by atoms with Crippen molar-refractivity contribution in [2.45, 2.75) is 27.2 Å². The lowest BCUT2D eigenvalue weighted by atomic mass is 10.00. The molecule has 3 aromatic rings. The van der Waals surface area contributed by atoms with Crippen LogP contribution in [0.2, 0.25) is 0 Å². The van der Waals surface area contributed by atoms with Crippen molar-refractivity contribution in [1.29, 1.82) is 0 Å². The monoisotopic (exact) mass is 472 g/mol. The molecule has 8 heteroatoms. The van der Waals surface area contributed by atoms with Crippen LogP contribution in [0.25, 0.3) is 5.57 Å². The molecule has 0 saturated carbocycles. The average Bonchev–Trinajstić information content (AvgIpc) is 3.31. The zero-order chi connectivity index (χ0) is 24.8. The predicted octanol–water partition coefficient (Wildman–Crippen LogP) is 5.65. The number of rotatable bonds is 5. The summed E-state index contributed by atoms with van der Waals surface area (Å²) in [5.41, 5.74) is 7.29. The highest BCUT2D eigenvalue weighted by Gasteiger charge is 2.19. The van der Waals surface area contributed by atoms with E-state index in [-0.39, 0.29) is 1.43 Å². The van der Waals surface area contributed by atoms with Crippen LogP contribution in [0.4, 0.5) is 23.1 Å². The number of piperazine rings is 1. The molecule has 5 rings (SSSR count). The van der Waals surface area contributed by atoms with Gasteiger partial charge in [0.15, 0.2) is 0 Å². The van der Waals surface area contributed by atoms with Crippen LogP contribution in [0.3, 0.4) is 0 Å². The van der Waals surface area contributed by atoms with E-state index in [0.717, 1.165) is 77.7 Å². The van der Waals surface area contributed by atoms with E-state index in [1.54, 1.807) is 7.05 Å². The number of fused-ring (bicyclic) bond motifs is 1. The Morgan fingerprint density at radius 1 is 1.00 bits per heavy atom. The standard InChI is InChI=1S/C25H28N8.C2H6.H2/c1-17-14-18(4-7-22(17)31-26-2)20-6-8-23-21(20)16-28-25(30-23)29-19-5-9-24(27-15-19)33-12-10-32(3)11-13-33;1-2;/h4-7,9,14-16H,8,10-13H2,1-3H3,(H,28,29,30);1-2H3;1H. The topological polar surface area (TPSA) is 81.9 Å². The number of aromatic nitrogens is 3. The fraction of sp³-hybridized carbons (Fsp3) is 0.370. The van der Waals surface area contributed by atoms with Gasteiger partial charge < -0.3 is 15.1 Å². The molecular weight excluding hydrogens is 436 g/mol. The molecule has 0 atom stereocenters. The molecule has 184 valence electrons. The number of pyridine rings is 1. The number of benzene rings is 1. The first-order valence-corrected chi connectivity index (χ1v) is 12.2. The number of nitrogens with one attached hydrogen (secondary N) is 1. The number of likely N-dealkylation sites (N-methyl/N-ethyl adjacent to an activating group) is 1. The molecule has 35 heavy (non-hydrogen) atoms. The maximum Gasteiger partial charge on any atom is 0.227 e. The lowest BCUT2D eigenvalue weighted by Crippen LogP contribution is -2.44. The number of hydrogen-bond acceptors (Lipinski definition) is 8. The SMILES string of the molecule is CC.CN=Nc1ccc(C2=CCc3nc(Nc4ccc(N5CCN(C)CC5)nc4)ncc32)cc1C.[HH]. The van der Waals surface area contributed by atoms with Crippen LogP contribution in [-0.4, -0.2) is 60.1 Å². The number of nitrogens with zero attached hydrogens (tertiary/aromatic N) is 7. The first kappa shape index (κ1) is 24.5. The van der Waals surface area contributed by atoms with Crippen LogP contribution in [-0.2, 0) is 6.42 Å². The Morgan fingerprint density at radius 2 is 1.80 bits per heavy atom. The van der Waals surface area contributed by atoms with Gasteiger partial charge >= 0.3 is 0 Å². The molecular formula is C27H36N8. The summed E-state index contributed by atoms with van der Waals surface area (Å²) in [6.45, 7) is 10.2. The van der Waals surface area contributed by atoms with Gasteiger partial charge in [-0.15, -0.1) is 0 Å². The van der Waals surface area contributed by atoms with Crippen molar-refractivity contribution in [1.82, 2.24) is 19.9 Å². The number of azo groups is 1. The molecule has 1 saturated heterocycles. The number of hydrogen-bond donors (Lipinski definition) is 1. The summed E-state index contributed by atoms with van der Waals surface area (Å²) in [5, 5.41) is 11.3. The van der Waals surface area contributed by atoms with E-state index < -0.39 is 0 Å². The number of aryl methyl sites for hydroxylation is 1. The van der Waals surface area contributed by atoms with Gasteiger partial charge in [-0.05, 0) is 54.9 Å². The molecule has 0 bridgehead atoms. The molecule has 0 spiro atoms. The second-order valence-corrected chi connectivity index (χ2v) is 8.50. The Balaban J connectivity index is 0.00000117. The van der Waals surface area contributed by atoms with Gasteiger partial charge in [-0.25, -0.2) is 15.0 Å². The van der Waals surface area contributed by atoms with Crippen LogP contribution in [0, 0.1) is 6.92 Å². The second-order valence-electron chi connectivity index (χ2n) is 8.50. The van der Waals surface area contributed by atoms with Crippen molar-refractivity contribution < 1.29 is 1.43 Å². The van der Waals surface area contributed by atoms with E-state index in [1.165, 1.54) is 0 Å². The van der Waals surface area contributed by atoms with Crippen LogP contribution in [0.15, 0.2) is 59.0 Å². The van der Waals surface area contributed by atoms with Gasteiger partial charge in [0.25, 0.3) is 0 Å². The maximum absolute atomic E-state index is 4.76. The van der Waals surface area contributed by atoms with Gasteiger partial charge in [0, 0.05) is 52.8 Å². The first-order valence-electron chi connectivity index (χ1n) is 12.2. The molecule has 1 aromatic carbocycles. The van der Waals surface area contributed by atoms with E-state index in [0.29, 0.717) is 5.95 Å². The normalized spacial score (nSPS) is 15.5. The quantitative estimate of drug-likeness (QED) is 0.483. The minimum atomic E-state index is 0. The Morgan fingerprint density at radius 3 is 2.49 bits per heavy atom. The zero-order valence-corrected chi connectivity index (χ0v) is 21.3. The van der Waals surface area contributed by atoms with Crippen molar-refractivity contribution in [3.05, 3.63) is 71.2 Å². The highest BCUT2D eigenvalue weighted by molar-refractivity contribution is 5.84. The van der Waals surface area contributed by atoms with Gasteiger partial charge in [0.05, 0.1) is 23.3 Å². The van der Waals surface area contributed by atoms with Crippen molar-refractivity contribution in [2.24, 2.45) is 10.2 Å². The van der Waals surface area contributed by atoms with Crippen molar-refractivity contribution in [2.75, 3.05) is 50.5 Å². The van der Waals surface area contributed by atoms with Gasteiger partial charge in [-0.3, -0.25) is 0 Å². The molecule has 1 fully saturated rings. The maximum atomic E-state index is 4.76. The fourth-order valence-corrected chi connectivity index (χ4v) is 4.29. The average molecular weight is 473 g/mol. The number of allylic oxidation sites excluding steroid dienone is 1. The molecule has 8 nitrogen and oxygen atoms in total. The molecule has 0 radical (unpaired) electrons. The lowest BCUT2D eigenvalue weighted by Gasteiger charge is -2.33. The van der Waals surface area contributed by atoms with E-state index in [2.05, 4.69) is 73.6 Å². The lowest BCUT2D eigenvalue weighted by molar-refractivity contribution is 0.312. The molecule has 2 aromatic heterocycles. The highest BCUT2D eigenvalue weighted by atomic mass is 15.3. The summed E-state index contributed by atoms with van der Waals surface area (Å²) in [6, 6.07) is 10.3. The van der Waals surface area contributed by atoms with Crippen LogP contribution >= 0.6 is 0 Å². The third-order valence-corrected chi connectivity index (χ3v) is 6.20. The van der Waals surface area contributed by atoms with E-state index in [4.69, 9.17) is 4.98 Å². The molecule has 1 N–H and O–H groups in total. The second kappa shape index (κ2) is 11.2. The van der Waals surface area contributed by atoms with E-state index >= 15 is 0 Å². The largest absolute Gasteiger partial charge is 0.354 e. The van der Waals surface area contributed by atoms with Crippen LogP contribution < -0.4 is 10.2 Å². The Labute approximate surface area is 209 Å². The molecule has 2 aliphatic rings. The first-order chi connectivity index (χ1) is 17.1. The van der Waals surface area contributed by atoms with Crippen LogP contribution in [0.5, 0.6) is 0 Å². The minimum Gasteiger partial charge on any atom is -0.354 e. The van der Waals surface area contributed by atoms with E-state index in [9.17, 15) is 0 Å². The van der Waals surface area contributed by atoms with Crippen LogP contribution in [0.1, 0.15) is 37.7 Å². The van der Waals surface area contributed by atoms with Gasteiger partial charge in [-0.1, -0.05) is 26.0 Å². The minimum absolute atomic E-state index is 0. The van der Waals surface area contributed by atoms with Crippen molar-refractivity contribution >= 4 is 28.7 Å². The van der Waals surface area contributed by atoms with Gasteiger partial charge in [0.2, 0.25) is 5.95 Å². The molecule has 1 aliphatic carbocycles. The Kier molecular flexibility index (Phi) is 7.82. The van der Waals surface area contributed by atoms with Crippen molar-refractivity contribution in [3.8, 4) is 0 Å². The molecule has 0 amide bonds. The third-order valence-electron chi connectivity index (χ3n) is 6.20. The Hall–Kier alpha value is -3.65. The molecule has 0 unspecified atom stereocenters. The highest BCUT2D eigenvalue weighted by Crippen LogP contribution is 2.34. The summed E-state index contributed by atoms with van der Waals surface area (Å²) < 4.78 is 0. The zero-order valence-electron chi connectivity index (χ0n) is 21.3. The summed E-state index contributed by atoms with van der Waals surface area (Å²) in [7, 11) is 3.84. The smallest absolute Gasteiger partial charge is 0.227 e. The van der Waals surface area contributed by atoms with Gasteiger partial charge in [0.1, 0.15) is 5.82 Å².